The molecule has 0 saturated heterocycles. The van der Waals surface area contributed by atoms with Gasteiger partial charge in [-0.2, -0.15) is 0 Å². The molecule has 246 valence electrons. The molecule has 0 aromatic carbocycles. The highest BCUT2D eigenvalue weighted by Crippen LogP contribution is 2.67. The molecule has 4 rings (SSSR count). The molecule has 0 aliphatic heterocycles. The smallest absolute Gasteiger partial charge is 0.309 e. The average Bonchev–Trinajstić information content (AvgIpc) is 3.27. The molecule has 0 spiro atoms. The Labute approximate surface area is 263 Å². The molecule has 43 heavy (non-hydrogen) atoms. The summed E-state index contributed by atoms with van der Waals surface area (Å²) in [6.45, 7) is 19.4. The van der Waals surface area contributed by atoms with Crippen LogP contribution in [0.4, 0.5) is 0 Å². The summed E-state index contributed by atoms with van der Waals surface area (Å²) < 4.78 is 6.18. The maximum absolute atomic E-state index is 13.4. The number of nitrogens with two attached hydrogens (primary N) is 1. The molecule has 0 amide bonds. The van der Waals surface area contributed by atoms with E-state index in [9.17, 15) is 14.7 Å². The SMILES string of the molecule is CC(C)[C@H](N)C(=O)C[C@H](C(=O)O[C@H]1CC[C@@]2(C)C(=CC[C@H]3[C@@H]4CC[C@H]([C@H](C)CCCC(C)(C)O)[C@@]4(C)CC[C@@H]32)C1)C(C)C. The summed E-state index contributed by atoms with van der Waals surface area (Å²) in [5.41, 5.74) is 7.72. The third kappa shape index (κ3) is 7.29. The van der Waals surface area contributed by atoms with Crippen molar-refractivity contribution in [1.82, 2.24) is 0 Å². The van der Waals surface area contributed by atoms with Crippen LogP contribution in [0.2, 0.25) is 0 Å². The van der Waals surface area contributed by atoms with Gasteiger partial charge in [0, 0.05) is 12.8 Å². The Hall–Kier alpha value is -1.20. The van der Waals surface area contributed by atoms with Crippen LogP contribution in [0, 0.1) is 58.2 Å². The topological polar surface area (TPSA) is 89.6 Å². The van der Waals surface area contributed by atoms with Crippen LogP contribution in [-0.2, 0) is 14.3 Å². The molecule has 4 aliphatic carbocycles. The molecule has 0 aromatic heterocycles. The number of hydrogen-bond donors (Lipinski definition) is 2. The Bertz CT molecular complexity index is 1030. The van der Waals surface area contributed by atoms with E-state index in [2.05, 4.69) is 26.8 Å². The van der Waals surface area contributed by atoms with Crippen molar-refractivity contribution in [1.29, 1.82) is 0 Å². The van der Waals surface area contributed by atoms with Gasteiger partial charge < -0.3 is 15.6 Å². The lowest BCUT2D eigenvalue weighted by Gasteiger charge is -2.58. The predicted molar refractivity (Wildman–Crippen MR) is 175 cm³/mol. The minimum absolute atomic E-state index is 0.0372. The number of allylic oxidation sites excluding steroid dienone is 1. The highest BCUT2D eigenvalue weighted by Gasteiger charge is 2.59. The van der Waals surface area contributed by atoms with Crippen LogP contribution in [0.5, 0.6) is 0 Å². The first kappa shape index (κ1) is 34.7. The standard InChI is InChI=1S/C38H65NO4/c1-23(2)29(22-33(40)34(39)24(3)4)35(41)43-27-16-19-37(8)26(21-27)12-13-28-31-15-14-30(38(31,9)20-17-32(28)37)25(5)11-10-18-36(6,7)42/h12,23-25,27-32,34,42H,10-11,13-22,39H2,1-9H3/t25-,27+,28+,29+,30-,31+,32+,34+,37+,38-/m1/s1. The molecule has 10 atom stereocenters. The first-order valence-corrected chi connectivity index (χ1v) is 17.9. The average molecular weight is 600 g/mol. The van der Waals surface area contributed by atoms with Gasteiger partial charge in [0.05, 0.1) is 17.6 Å². The normalized spacial score (nSPS) is 36.3. The fourth-order valence-electron chi connectivity index (χ4n) is 10.3. The number of carbonyl (C=O) groups is 2. The zero-order valence-corrected chi connectivity index (χ0v) is 29.1. The van der Waals surface area contributed by atoms with Crippen LogP contribution in [0.1, 0.15) is 139 Å². The van der Waals surface area contributed by atoms with E-state index in [1.165, 1.54) is 44.1 Å². The molecule has 0 radical (unpaired) electrons. The first-order valence-electron chi connectivity index (χ1n) is 17.9. The Morgan fingerprint density at radius 2 is 1.72 bits per heavy atom. The van der Waals surface area contributed by atoms with E-state index in [4.69, 9.17) is 10.5 Å². The molecule has 0 heterocycles. The monoisotopic (exact) mass is 599 g/mol. The lowest BCUT2D eigenvalue weighted by Crippen LogP contribution is -2.51. The molecular weight excluding hydrogens is 534 g/mol. The number of ether oxygens (including phenoxy) is 1. The Kier molecular flexibility index (Phi) is 10.7. The van der Waals surface area contributed by atoms with E-state index in [0.717, 1.165) is 61.7 Å². The van der Waals surface area contributed by atoms with Crippen molar-refractivity contribution in [2.45, 2.75) is 157 Å². The highest BCUT2D eigenvalue weighted by atomic mass is 16.5. The zero-order valence-electron chi connectivity index (χ0n) is 29.1. The lowest BCUT2D eigenvalue weighted by molar-refractivity contribution is -0.159. The van der Waals surface area contributed by atoms with Crippen molar-refractivity contribution in [2.75, 3.05) is 0 Å². The predicted octanol–water partition coefficient (Wildman–Crippen LogP) is 8.27. The summed E-state index contributed by atoms with van der Waals surface area (Å²) in [6, 6.07) is -0.529. The summed E-state index contributed by atoms with van der Waals surface area (Å²) in [5.74, 6) is 3.23. The number of hydrogen-bond acceptors (Lipinski definition) is 5. The number of Topliss-reactive ketones (excluding diaryl/α,β-unsaturated/α-hetero) is 1. The third-order valence-corrected chi connectivity index (χ3v) is 13.2. The first-order chi connectivity index (χ1) is 20.0. The molecular formula is C38H65NO4. The van der Waals surface area contributed by atoms with E-state index in [-0.39, 0.29) is 41.5 Å². The van der Waals surface area contributed by atoms with Crippen molar-refractivity contribution in [3.8, 4) is 0 Å². The second kappa shape index (κ2) is 13.3. The van der Waals surface area contributed by atoms with Gasteiger partial charge in [-0.1, -0.05) is 73.0 Å². The summed E-state index contributed by atoms with van der Waals surface area (Å²) >= 11 is 0. The van der Waals surface area contributed by atoms with Gasteiger partial charge in [0.2, 0.25) is 0 Å². The number of ketones is 1. The second-order valence-electron chi connectivity index (χ2n) is 17.3. The van der Waals surface area contributed by atoms with Gasteiger partial charge in [0.25, 0.3) is 0 Å². The van der Waals surface area contributed by atoms with E-state index < -0.39 is 17.6 Å². The van der Waals surface area contributed by atoms with Crippen LogP contribution >= 0.6 is 0 Å². The van der Waals surface area contributed by atoms with Gasteiger partial charge in [-0.15, -0.1) is 0 Å². The summed E-state index contributed by atoms with van der Waals surface area (Å²) in [4.78, 5) is 26.1. The zero-order chi connectivity index (χ0) is 31.9. The van der Waals surface area contributed by atoms with Crippen molar-refractivity contribution in [2.24, 2.45) is 63.9 Å². The van der Waals surface area contributed by atoms with Gasteiger partial charge in [-0.3, -0.25) is 9.59 Å². The van der Waals surface area contributed by atoms with E-state index in [1.54, 1.807) is 0 Å². The van der Waals surface area contributed by atoms with Crippen LogP contribution in [-0.4, -0.2) is 34.6 Å². The van der Waals surface area contributed by atoms with Gasteiger partial charge >= 0.3 is 5.97 Å². The third-order valence-electron chi connectivity index (χ3n) is 13.2. The van der Waals surface area contributed by atoms with Crippen molar-refractivity contribution in [3.05, 3.63) is 11.6 Å². The molecule has 0 unspecified atom stereocenters. The van der Waals surface area contributed by atoms with E-state index in [1.807, 2.05) is 41.5 Å². The van der Waals surface area contributed by atoms with Crippen LogP contribution in [0.25, 0.3) is 0 Å². The Balaban J connectivity index is 1.39. The fraction of sp³-hybridized carbons (Fsp3) is 0.895. The molecule has 3 N–H and O–H groups in total. The minimum Gasteiger partial charge on any atom is -0.462 e. The van der Waals surface area contributed by atoms with Crippen LogP contribution < -0.4 is 5.73 Å². The molecule has 5 nitrogen and oxygen atoms in total. The number of esters is 1. The number of aliphatic hydroxyl groups is 1. The van der Waals surface area contributed by atoms with E-state index >= 15 is 0 Å². The van der Waals surface area contributed by atoms with Crippen molar-refractivity contribution < 1.29 is 19.4 Å². The quantitative estimate of drug-likeness (QED) is 0.174. The van der Waals surface area contributed by atoms with Gasteiger partial charge in [-0.05, 0) is 117 Å². The number of rotatable bonds is 12. The maximum atomic E-state index is 13.4. The summed E-state index contributed by atoms with van der Waals surface area (Å²) in [5, 5.41) is 10.2. The van der Waals surface area contributed by atoms with Crippen LogP contribution in [0.15, 0.2) is 11.6 Å². The summed E-state index contributed by atoms with van der Waals surface area (Å²) in [7, 11) is 0. The van der Waals surface area contributed by atoms with Gasteiger partial charge in [0.1, 0.15) is 6.10 Å². The molecule has 4 aliphatic rings. The Morgan fingerprint density at radius 1 is 1.02 bits per heavy atom. The molecule has 0 aromatic rings. The van der Waals surface area contributed by atoms with Crippen molar-refractivity contribution >= 4 is 11.8 Å². The molecule has 0 bridgehead atoms. The highest BCUT2D eigenvalue weighted by molar-refractivity contribution is 5.88. The van der Waals surface area contributed by atoms with Gasteiger partial charge in [0.15, 0.2) is 5.78 Å². The molecule has 5 heteroatoms. The van der Waals surface area contributed by atoms with E-state index in [0.29, 0.717) is 5.41 Å². The lowest BCUT2D eigenvalue weighted by atomic mass is 9.47. The number of fused-ring (bicyclic) bond motifs is 5. The second-order valence-corrected chi connectivity index (χ2v) is 17.3. The minimum atomic E-state index is -0.560. The largest absolute Gasteiger partial charge is 0.462 e. The fourth-order valence-corrected chi connectivity index (χ4v) is 10.3. The van der Waals surface area contributed by atoms with Gasteiger partial charge in [-0.25, -0.2) is 0 Å². The molecule has 3 saturated carbocycles. The summed E-state index contributed by atoms with van der Waals surface area (Å²) in [6.07, 6.45) is 15.3. The maximum Gasteiger partial charge on any atom is 0.309 e. The van der Waals surface area contributed by atoms with Crippen LogP contribution in [0.3, 0.4) is 0 Å². The Morgan fingerprint density at radius 3 is 2.35 bits per heavy atom. The van der Waals surface area contributed by atoms with Crippen molar-refractivity contribution in [3.63, 3.8) is 0 Å². The molecule has 3 fully saturated rings. The number of carbonyl (C=O) groups excluding carboxylic acids is 2.